The van der Waals surface area contributed by atoms with Gasteiger partial charge in [0.1, 0.15) is 5.75 Å². The molecule has 1 N–H and O–H groups in total. The number of fused-ring (bicyclic) bond motifs is 1. The van der Waals surface area contributed by atoms with E-state index in [9.17, 15) is 14.4 Å². The molecule has 1 aromatic heterocycles. The van der Waals surface area contributed by atoms with Gasteiger partial charge in [0.05, 0.1) is 12.2 Å². The quantitative estimate of drug-likeness (QED) is 0.752. The normalized spacial score (nSPS) is 12.5. The van der Waals surface area contributed by atoms with Gasteiger partial charge in [-0.25, -0.2) is 4.68 Å². The monoisotopic (exact) mass is 355 g/mol. The van der Waals surface area contributed by atoms with E-state index < -0.39 is 0 Å². The van der Waals surface area contributed by atoms with E-state index in [1.54, 1.807) is 30.3 Å². The Hall–Kier alpha value is -2.96. The zero-order valence-electron chi connectivity index (χ0n) is 14.7. The lowest BCUT2D eigenvalue weighted by Gasteiger charge is -2.09. The van der Waals surface area contributed by atoms with E-state index in [4.69, 9.17) is 4.74 Å². The summed E-state index contributed by atoms with van der Waals surface area (Å²) in [6.07, 6.45) is 2.85. The SMILES string of the molecule is CC(=O)c1ccc(OCC(=O)NCCn2nc3c(cc2=O)CCC3)cc1. The molecule has 7 heteroatoms. The molecule has 0 atom stereocenters. The van der Waals surface area contributed by atoms with Gasteiger partial charge in [-0.15, -0.1) is 0 Å². The second kappa shape index (κ2) is 7.95. The van der Waals surface area contributed by atoms with Gasteiger partial charge in [-0.1, -0.05) is 0 Å². The third-order valence-electron chi connectivity index (χ3n) is 4.30. The molecule has 1 amide bonds. The molecule has 0 saturated carbocycles. The number of aryl methyl sites for hydroxylation is 2. The molecule has 0 bridgehead atoms. The number of rotatable bonds is 7. The topological polar surface area (TPSA) is 90.3 Å². The zero-order chi connectivity index (χ0) is 18.5. The Labute approximate surface area is 151 Å². The Morgan fingerprint density at radius 3 is 2.73 bits per heavy atom. The van der Waals surface area contributed by atoms with Gasteiger partial charge in [0.2, 0.25) is 0 Å². The highest BCUT2D eigenvalue weighted by atomic mass is 16.5. The van der Waals surface area contributed by atoms with Crippen LogP contribution in [-0.4, -0.2) is 34.6 Å². The van der Waals surface area contributed by atoms with Gasteiger partial charge in [-0.2, -0.15) is 5.10 Å². The highest BCUT2D eigenvalue weighted by molar-refractivity contribution is 5.94. The smallest absolute Gasteiger partial charge is 0.267 e. The van der Waals surface area contributed by atoms with E-state index in [0.29, 0.717) is 24.4 Å². The fraction of sp³-hybridized carbons (Fsp3) is 0.368. The molecule has 2 aromatic rings. The highest BCUT2D eigenvalue weighted by Gasteiger charge is 2.14. The fourth-order valence-electron chi connectivity index (χ4n) is 2.89. The molecule has 0 saturated heterocycles. The van der Waals surface area contributed by atoms with Crippen molar-refractivity contribution in [2.75, 3.05) is 13.2 Å². The third-order valence-corrected chi connectivity index (χ3v) is 4.30. The fourth-order valence-corrected chi connectivity index (χ4v) is 2.89. The average Bonchev–Trinajstić information content (AvgIpc) is 3.07. The van der Waals surface area contributed by atoms with Crippen LogP contribution in [0.25, 0.3) is 0 Å². The number of nitrogens with one attached hydrogen (secondary N) is 1. The first kappa shape index (κ1) is 17.8. The van der Waals surface area contributed by atoms with Crippen molar-refractivity contribution in [2.24, 2.45) is 0 Å². The number of hydrogen-bond donors (Lipinski definition) is 1. The second-order valence-corrected chi connectivity index (χ2v) is 6.25. The van der Waals surface area contributed by atoms with Crippen LogP contribution in [0.3, 0.4) is 0 Å². The van der Waals surface area contributed by atoms with Crippen molar-refractivity contribution < 1.29 is 14.3 Å². The Balaban J connectivity index is 1.44. The number of ether oxygens (including phenoxy) is 1. The van der Waals surface area contributed by atoms with E-state index >= 15 is 0 Å². The van der Waals surface area contributed by atoms with Crippen LogP contribution < -0.4 is 15.6 Å². The van der Waals surface area contributed by atoms with Gasteiger partial charge >= 0.3 is 0 Å². The van der Waals surface area contributed by atoms with Crippen molar-refractivity contribution >= 4 is 11.7 Å². The summed E-state index contributed by atoms with van der Waals surface area (Å²) in [6, 6.07) is 8.25. The molecule has 0 unspecified atom stereocenters. The van der Waals surface area contributed by atoms with E-state index in [1.807, 2.05) is 0 Å². The first-order chi connectivity index (χ1) is 12.5. The van der Waals surface area contributed by atoms with Gasteiger partial charge in [0.15, 0.2) is 12.4 Å². The molecule has 1 aliphatic carbocycles. The Kier molecular flexibility index (Phi) is 5.46. The maximum atomic E-state index is 12.0. The Bertz CT molecular complexity index is 871. The number of carbonyl (C=O) groups is 2. The van der Waals surface area contributed by atoms with E-state index in [1.165, 1.54) is 11.6 Å². The van der Waals surface area contributed by atoms with E-state index in [0.717, 1.165) is 30.5 Å². The van der Waals surface area contributed by atoms with Gasteiger partial charge in [0, 0.05) is 18.2 Å². The molecular weight excluding hydrogens is 334 g/mol. The predicted octanol–water partition coefficient (Wildman–Crippen LogP) is 1.13. The minimum atomic E-state index is -0.283. The molecular formula is C19H21N3O4. The summed E-state index contributed by atoms with van der Waals surface area (Å²) in [6.45, 7) is 1.98. The lowest BCUT2D eigenvalue weighted by atomic mass is 10.1. The number of Topliss-reactive ketones (excluding diaryl/α,β-unsaturated/α-hetero) is 1. The summed E-state index contributed by atoms with van der Waals surface area (Å²) in [5.41, 5.74) is 2.48. The van der Waals surface area contributed by atoms with Crippen LogP contribution in [0.4, 0.5) is 0 Å². The minimum absolute atomic E-state index is 0.0234. The molecule has 3 rings (SSSR count). The average molecular weight is 355 g/mol. The molecule has 7 nitrogen and oxygen atoms in total. The Morgan fingerprint density at radius 2 is 2.00 bits per heavy atom. The maximum absolute atomic E-state index is 12.0. The van der Waals surface area contributed by atoms with Crippen LogP contribution >= 0.6 is 0 Å². The van der Waals surface area contributed by atoms with Crippen molar-refractivity contribution in [1.82, 2.24) is 15.1 Å². The third kappa shape index (κ3) is 4.36. The van der Waals surface area contributed by atoms with Gasteiger partial charge < -0.3 is 10.1 Å². The van der Waals surface area contributed by atoms with E-state index in [2.05, 4.69) is 10.4 Å². The van der Waals surface area contributed by atoms with Gasteiger partial charge in [-0.05, 0) is 56.0 Å². The lowest BCUT2D eigenvalue weighted by Crippen LogP contribution is -2.34. The predicted molar refractivity (Wildman–Crippen MR) is 95.5 cm³/mol. The number of hydrogen-bond acceptors (Lipinski definition) is 5. The first-order valence-electron chi connectivity index (χ1n) is 8.63. The van der Waals surface area contributed by atoms with Crippen LogP contribution in [0.2, 0.25) is 0 Å². The standard InChI is InChI=1S/C19H21N3O4/c1-13(23)14-5-7-16(8-6-14)26-12-18(24)20-9-10-22-19(25)11-15-3-2-4-17(15)21-22/h5-8,11H,2-4,9-10,12H2,1H3,(H,20,24). The van der Waals surface area contributed by atoms with Gasteiger partial charge in [0.25, 0.3) is 11.5 Å². The molecule has 1 aromatic carbocycles. The number of aromatic nitrogens is 2. The maximum Gasteiger partial charge on any atom is 0.267 e. The van der Waals surface area contributed by atoms with Crippen molar-refractivity contribution in [2.45, 2.75) is 32.7 Å². The molecule has 136 valence electrons. The molecule has 0 fully saturated rings. The van der Waals surface area contributed by atoms with Crippen molar-refractivity contribution in [1.29, 1.82) is 0 Å². The van der Waals surface area contributed by atoms with Crippen LogP contribution in [0, 0.1) is 0 Å². The molecule has 1 heterocycles. The number of nitrogens with zero attached hydrogens (tertiary/aromatic N) is 2. The van der Waals surface area contributed by atoms with E-state index in [-0.39, 0.29) is 23.9 Å². The summed E-state index contributed by atoms with van der Waals surface area (Å²) in [7, 11) is 0. The van der Waals surface area contributed by atoms with Crippen molar-refractivity contribution in [3.8, 4) is 5.75 Å². The highest BCUT2D eigenvalue weighted by Crippen LogP contribution is 2.16. The molecule has 26 heavy (non-hydrogen) atoms. The summed E-state index contributed by atoms with van der Waals surface area (Å²) < 4.78 is 6.78. The van der Waals surface area contributed by atoms with Crippen LogP contribution in [0.5, 0.6) is 5.75 Å². The number of amides is 1. The lowest BCUT2D eigenvalue weighted by molar-refractivity contribution is -0.123. The number of carbonyl (C=O) groups excluding carboxylic acids is 2. The number of ketones is 1. The van der Waals surface area contributed by atoms with Crippen LogP contribution in [0.15, 0.2) is 35.1 Å². The molecule has 1 aliphatic rings. The summed E-state index contributed by atoms with van der Waals surface area (Å²) in [4.78, 5) is 35.0. The van der Waals surface area contributed by atoms with Crippen molar-refractivity contribution in [3.63, 3.8) is 0 Å². The van der Waals surface area contributed by atoms with Crippen LogP contribution in [-0.2, 0) is 24.2 Å². The second-order valence-electron chi connectivity index (χ2n) is 6.25. The molecule has 0 aliphatic heterocycles. The summed E-state index contributed by atoms with van der Waals surface area (Å²) in [5, 5.41) is 7.07. The number of benzene rings is 1. The van der Waals surface area contributed by atoms with Gasteiger partial charge in [-0.3, -0.25) is 14.4 Å². The van der Waals surface area contributed by atoms with Crippen molar-refractivity contribution in [3.05, 3.63) is 57.5 Å². The zero-order valence-corrected chi connectivity index (χ0v) is 14.7. The summed E-state index contributed by atoms with van der Waals surface area (Å²) >= 11 is 0. The molecule has 0 radical (unpaired) electrons. The molecule has 0 spiro atoms. The largest absolute Gasteiger partial charge is 0.484 e. The summed E-state index contributed by atoms with van der Waals surface area (Å²) in [5.74, 6) is 0.209. The first-order valence-corrected chi connectivity index (χ1v) is 8.63. The Morgan fingerprint density at radius 1 is 1.23 bits per heavy atom. The minimum Gasteiger partial charge on any atom is -0.484 e. The van der Waals surface area contributed by atoms with Crippen LogP contribution in [0.1, 0.15) is 35.0 Å².